The number of methoxy groups -OCH3 is 1. The van der Waals surface area contributed by atoms with Gasteiger partial charge in [-0.25, -0.2) is 9.97 Å². The van der Waals surface area contributed by atoms with Gasteiger partial charge in [0, 0.05) is 162 Å². The molecule has 18 aromatic rings. The number of fused-ring (bicyclic) bond motifs is 8. The van der Waals surface area contributed by atoms with Crippen molar-refractivity contribution in [3.8, 4) is 90.1 Å². The molecular formula is C124H120N6O15. The summed E-state index contributed by atoms with van der Waals surface area (Å²) < 4.78 is 67.8. The fraction of sp³-hybridized carbons (Fsp3) is 0.306. The number of nitrogens with zero attached hydrogens (tertiary/aromatic N) is 6. The molecule has 0 aliphatic carbocycles. The van der Waals surface area contributed by atoms with Crippen molar-refractivity contribution < 1.29 is 71.0 Å². The van der Waals surface area contributed by atoms with Gasteiger partial charge in [-0.3, -0.25) is 39.1 Å². The fourth-order valence-electron chi connectivity index (χ4n) is 22.0. The molecule has 4 atom stereocenters. The minimum absolute atomic E-state index is 0.0235. The topological polar surface area (TPSA) is 251 Å². The van der Waals surface area contributed by atoms with Crippen molar-refractivity contribution in [3.05, 3.63) is 286 Å². The third kappa shape index (κ3) is 18.4. The zero-order chi connectivity index (χ0) is 102. The van der Waals surface area contributed by atoms with E-state index < -0.39 is 46.8 Å². The second kappa shape index (κ2) is 38.7. The first-order valence-electron chi connectivity index (χ1n) is 49.9. The Morgan fingerprint density at radius 1 is 0.338 bits per heavy atom. The molecule has 5 aliphatic rings. The molecule has 736 valence electrons. The van der Waals surface area contributed by atoms with Gasteiger partial charge >= 0.3 is 0 Å². The minimum atomic E-state index is -0.767. The standard InChI is InChI=1S/C34H33N3O3.C30H29NO4.C30H27NO4.C30H31NO4/c1-19-15-27-20(2)24(23-16-35-18-36-17-23)7-8-25(27)31(29(19)33(21(3)38)40-34(4,5)6)26-9-10-28-30-22(12-14-39-28)11-13-37-32(26)30;2*1-17(32)28(35-30(2,3)4)26-22-13-16-34-29(22)20-8-6-5-7-19(20)25(26)21-9-10-23-24-18(12-15-33-23)11-14-31-27(21)24;1-17-24(29(18(2)32)35-30(3,4)5)26(20-9-7-8-10-21(20)28(17)33-6)22-11-12-23-25-19(14-16-34-23)13-15-31-27(22)25/h7-11,13,15-18,33H,12,14H2,1-6H3;5-11,14,28H,12-13,15-16H2,1-4H3;5-11,13-14,16,28H,12,15H2,1-4H3;7-13,15,29H,14,16H2,1-6H3/t33-;2*28-;29-/m1111/s1. The number of carbonyl (C=O) groups excluding carboxylic acids is 4. The summed E-state index contributed by atoms with van der Waals surface area (Å²) in [5.74, 6) is 4.86. The van der Waals surface area contributed by atoms with E-state index in [9.17, 15) is 19.2 Å². The van der Waals surface area contributed by atoms with Gasteiger partial charge in [0.25, 0.3) is 0 Å². The number of carbonyl (C=O) groups is 4. The van der Waals surface area contributed by atoms with Gasteiger partial charge in [0.1, 0.15) is 70.8 Å². The van der Waals surface area contributed by atoms with Crippen molar-refractivity contribution in [3.63, 3.8) is 0 Å². The van der Waals surface area contributed by atoms with Crippen molar-refractivity contribution in [2.24, 2.45) is 0 Å². The highest BCUT2D eigenvalue weighted by atomic mass is 16.5. The molecule has 145 heavy (non-hydrogen) atoms. The normalized spacial score (nSPS) is 14.5. The van der Waals surface area contributed by atoms with Crippen LogP contribution in [-0.2, 0) is 70.2 Å². The third-order valence-electron chi connectivity index (χ3n) is 27.7. The SMILES string of the molecule is CC(=O)[C@@H](OC(C)(C)C)c1c(-c2ccc3c4c(ccnc24)CCO3)c2ccccc2c2occc12.CC(=O)[C@@H](OC(C)(C)C)c1c(C)cc2c(C)c(-c3cncnc3)ccc2c1-c1ccc2c3c(ccnc13)CCO2.CC(=O)[C@@H](OC(C)(C)C)c1c2c(c3ccccc3c1-c1ccc3c4c(ccnc14)CCO3)OCC2.COc1c(C)c([C@H](OC(C)(C)C)C(C)=O)c(-c2ccc3c4c(ccnc24)CCO3)c2ccccc12. The molecule has 12 aromatic carbocycles. The second-order valence-electron chi connectivity index (χ2n) is 42.2. The van der Waals surface area contributed by atoms with E-state index in [1.54, 1.807) is 47.4 Å². The van der Waals surface area contributed by atoms with Crippen LogP contribution in [0.2, 0.25) is 0 Å². The summed E-state index contributed by atoms with van der Waals surface area (Å²) in [5, 5.41) is 13.2. The van der Waals surface area contributed by atoms with E-state index in [0.717, 1.165) is 264 Å². The molecule has 0 unspecified atom stereocenters. The zero-order valence-corrected chi connectivity index (χ0v) is 86.0. The Labute approximate surface area is 843 Å². The maximum Gasteiger partial charge on any atom is 0.163 e. The van der Waals surface area contributed by atoms with Crippen LogP contribution in [0.25, 0.3) is 153 Å². The van der Waals surface area contributed by atoms with Gasteiger partial charge in [-0.05, 0) is 310 Å². The molecule has 0 spiro atoms. The number of hydrogen-bond acceptors (Lipinski definition) is 21. The number of ether oxygens (including phenoxy) is 10. The summed E-state index contributed by atoms with van der Waals surface area (Å²) in [6, 6.07) is 57.7. The van der Waals surface area contributed by atoms with Crippen molar-refractivity contribution in [1.29, 1.82) is 0 Å². The van der Waals surface area contributed by atoms with Gasteiger partial charge in [-0.15, -0.1) is 0 Å². The summed E-state index contributed by atoms with van der Waals surface area (Å²) in [6.45, 7) is 39.6. The van der Waals surface area contributed by atoms with Crippen LogP contribution in [0.4, 0.5) is 0 Å². The van der Waals surface area contributed by atoms with Crippen molar-refractivity contribution in [1.82, 2.24) is 29.9 Å². The van der Waals surface area contributed by atoms with E-state index in [1.165, 1.54) is 22.3 Å². The quantitative estimate of drug-likeness (QED) is 0.0774. The number of Topliss-reactive ketones (excluding diaryl/α,β-unsaturated/α-hetero) is 4. The van der Waals surface area contributed by atoms with Crippen LogP contribution in [0.5, 0.6) is 34.5 Å². The van der Waals surface area contributed by atoms with E-state index in [1.807, 2.05) is 194 Å². The number of hydrogen-bond donors (Lipinski definition) is 0. The summed E-state index contributed by atoms with van der Waals surface area (Å²) in [5.41, 5.74) is 24.3. The van der Waals surface area contributed by atoms with Crippen LogP contribution < -0.4 is 28.4 Å². The maximum absolute atomic E-state index is 13.3. The Morgan fingerprint density at radius 2 is 0.683 bits per heavy atom. The highest BCUT2D eigenvalue weighted by Crippen LogP contribution is 2.56. The first-order chi connectivity index (χ1) is 69.5. The summed E-state index contributed by atoms with van der Waals surface area (Å²) >= 11 is 0. The monoisotopic (exact) mass is 1930 g/mol. The molecule has 0 radical (unpaired) electrons. The predicted octanol–water partition coefficient (Wildman–Crippen LogP) is 27.8. The number of aromatic nitrogens is 6. The molecule has 23 rings (SSSR count). The van der Waals surface area contributed by atoms with Crippen molar-refractivity contribution in [2.45, 2.75) is 210 Å². The molecule has 0 saturated heterocycles. The Balaban J connectivity index is 0.000000118. The molecule has 5 aliphatic heterocycles. The Hall–Kier alpha value is -14.7. The molecular weight excluding hydrogens is 1810 g/mol. The lowest BCUT2D eigenvalue weighted by Crippen LogP contribution is -2.27. The zero-order valence-electron chi connectivity index (χ0n) is 86.0. The molecule has 0 bridgehead atoms. The minimum Gasteiger partial charge on any atom is -0.496 e. The molecule has 6 aromatic heterocycles. The van der Waals surface area contributed by atoms with Crippen LogP contribution >= 0.6 is 0 Å². The van der Waals surface area contributed by atoms with Gasteiger partial charge in [-0.1, -0.05) is 91.0 Å². The largest absolute Gasteiger partial charge is 0.496 e. The van der Waals surface area contributed by atoms with Crippen LogP contribution in [0, 0.1) is 20.8 Å². The van der Waals surface area contributed by atoms with E-state index >= 15 is 0 Å². The molecule has 11 heterocycles. The Bertz CT molecular complexity index is 8220. The van der Waals surface area contributed by atoms with E-state index in [0.29, 0.717) is 33.0 Å². The number of benzene rings is 12. The molecule has 21 heteroatoms. The average Bonchev–Trinajstić information content (AvgIpc) is 1.64. The van der Waals surface area contributed by atoms with Gasteiger partial charge < -0.3 is 51.8 Å². The number of rotatable bonds is 18. The average molecular weight is 1930 g/mol. The Morgan fingerprint density at radius 3 is 1.10 bits per heavy atom. The Kier molecular flexibility index (Phi) is 26.1. The third-order valence-corrected chi connectivity index (χ3v) is 27.7. The predicted molar refractivity (Wildman–Crippen MR) is 573 cm³/mol. The molecule has 0 N–H and O–H groups in total. The summed E-state index contributed by atoms with van der Waals surface area (Å²) in [6.07, 6.45) is 15.5. The number of aryl methyl sites for hydroxylation is 2. The molecule has 0 saturated carbocycles. The van der Waals surface area contributed by atoms with E-state index in [-0.39, 0.29) is 23.1 Å². The van der Waals surface area contributed by atoms with Crippen LogP contribution in [-0.4, -0.2) is 116 Å². The molecule has 0 amide bonds. The van der Waals surface area contributed by atoms with Gasteiger partial charge in [0.05, 0.1) is 90.9 Å². The highest BCUT2D eigenvalue weighted by molar-refractivity contribution is 6.20. The molecule has 0 fully saturated rings. The molecule has 21 nitrogen and oxygen atoms in total. The lowest BCUT2D eigenvalue weighted by Gasteiger charge is -2.30. The first-order valence-corrected chi connectivity index (χ1v) is 49.9. The number of ketones is 4. The smallest absolute Gasteiger partial charge is 0.163 e. The van der Waals surface area contributed by atoms with Crippen molar-refractivity contribution in [2.75, 3.05) is 40.1 Å². The summed E-state index contributed by atoms with van der Waals surface area (Å²) in [4.78, 5) is 80.5. The van der Waals surface area contributed by atoms with Crippen LogP contribution in [0.15, 0.2) is 224 Å². The van der Waals surface area contributed by atoms with Crippen LogP contribution in [0.3, 0.4) is 0 Å². The van der Waals surface area contributed by atoms with Gasteiger partial charge in [0.2, 0.25) is 0 Å². The second-order valence-corrected chi connectivity index (χ2v) is 42.2. The summed E-state index contributed by atoms with van der Waals surface area (Å²) in [7, 11) is 1.67. The highest BCUT2D eigenvalue weighted by Gasteiger charge is 2.40. The van der Waals surface area contributed by atoms with E-state index in [4.69, 9.17) is 71.7 Å². The van der Waals surface area contributed by atoms with E-state index in [2.05, 4.69) is 127 Å². The number of pyridine rings is 4. The fourth-order valence-corrected chi connectivity index (χ4v) is 22.0. The first kappa shape index (κ1) is 97.7. The number of furan rings is 1. The lowest BCUT2D eigenvalue weighted by atomic mass is 9.83. The van der Waals surface area contributed by atoms with Gasteiger partial charge in [-0.2, -0.15) is 0 Å². The van der Waals surface area contributed by atoms with Crippen LogP contribution in [0.1, 0.15) is 202 Å². The van der Waals surface area contributed by atoms with Crippen molar-refractivity contribution >= 4 is 121 Å². The van der Waals surface area contributed by atoms with Gasteiger partial charge in [0.15, 0.2) is 23.1 Å². The lowest BCUT2D eigenvalue weighted by molar-refractivity contribution is -0.139. The maximum atomic E-state index is 13.3.